The summed E-state index contributed by atoms with van der Waals surface area (Å²) in [5, 5.41) is 6.98. The van der Waals surface area contributed by atoms with Crippen LogP contribution in [0.4, 0.5) is 5.69 Å². The number of aryl methyl sites for hydroxylation is 1. The van der Waals surface area contributed by atoms with Gasteiger partial charge in [-0.2, -0.15) is 0 Å². The number of carbonyl (C=O) groups excluding carboxylic acids is 2. The van der Waals surface area contributed by atoms with Gasteiger partial charge < -0.3 is 15.2 Å². The molecule has 4 aromatic rings. The minimum Gasteiger partial charge on any atom is -0.355 e. The molecular weight excluding hydrogens is 422 g/mol. The lowest BCUT2D eigenvalue weighted by Gasteiger charge is -2.07. The molecule has 0 bridgehead atoms. The number of anilines is 1. The summed E-state index contributed by atoms with van der Waals surface area (Å²) in [6, 6.07) is 26.1. The molecule has 0 aliphatic carbocycles. The fraction of sp³-hybridized carbons (Fsp3) is 0.172. The van der Waals surface area contributed by atoms with E-state index < -0.39 is 0 Å². The van der Waals surface area contributed by atoms with Crippen LogP contribution in [0.15, 0.2) is 85.1 Å². The highest BCUT2D eigenvalue weighted by Gasteiger charge is 2.24. The topological polar surface area (TPSA) is 63.1 Å². The molecule has 0 saturated carbocycles. The number of fused-ring (bicyclic) bond motifs is 2. The fourth-order valence-corrected chi connectivity index (χ4v) is 4.50. The molecule has 1 aliphatic heterocycles. The van der Waals surface area contributed by atoms with Crippen LogP contribution in [0.3, 0.4) is 0 Å². The number of para-hydroxylation sites is 2. The van der Waals surface area contributed by atoms with E-state index in [2.05, 4.69) is 34.9 Å². The van der Waals surface area contributed by atoms with Gasteiger partial charge in [0.1, 0.15) is 6.54 Å². The lowest BCUT2D eigenvalue weighted by atomic mass is 10.0. The lowest BCUT2D eigenvalue weighted by molar-refractivity contribution is -0.121. The minimum atomic E-state index is -0.105. The summed E-state index contributed by atoms with van der Waals surface area (Å²) in [5.41, 5.74) is 5.59. The number of amides is 2. The second-order valence-corrected chi connectivity index (χ2v) is 8.58. The minimum absolute atomic E-state index is 0.0105. The molecule has 3 aromatic carbocycles. The van der Waals surface area contributed by atoms with E-state index >= 15 is 0 Å². The molecule has 34 heavy (non-hydrogen) atoms. The Morgan fingerprint density at radius 3 is 2.56 bits per heavy atom. The third-order valence-electron chi connectivity index (χ3n) is 6.20. The summed E-state index contributed by atoms with van der Waals surface area (Å²) in [4.78, 5) is 25.2. The summed E-state index contributed by atoms with van der Waals surface area (Å²) in [6.45, 7) is 0.907. The van der Waals surface area contributed by atoms with Crippen molar-refractivity contribution < 1.29 is 9.59 Å². The van der Waals surface area contributed by atoms with Crippen molar-refractivity contribution in [3.8, 4) is 0 Å². The molecule has 5 heteroatoms. The number of aromatic nitrogens is 1. The van der Waals surface area contributed by atoms with Crippen molar-refractivity contribution in [2.24, 2.45) is 0 Å². The van der Waals surface area contributed by atoms with Crippen molar-refractivity contribution in [1.29, 1.82) is 0 Å². The Morgan fingerprint density at radius 1 is 0.912 bits per heavy atom. The Labute approximate surface area is 199 Å². The highest BCUT2D eigenvalue weighted by molar-refractivity contribution is 6.35. The van der Waals surface area contributed by atoms with E-state index in [0.29, 0.717) is 12.1 Å². The quantitative estimate of drug-likeness (QED) is 0.284. The van der Waals surface area contributed by atoms with Gasteiger partial charge in [-0.25, -0.2) is 0 Å². The van der Waals surface area contributed by atoms with Crippen LogP contribution in [0.5, 0.6) is 0 Å². The maximum Gasteiger partial charge on any atom is 0.256 e. The number of nitrogens with zero attached hydrogens (tertiary/aromatic N) is 1. The van der Waals surface area contributed by atoms with Crippen molar-refractivity contribution in [3.63, 3.8) is 0 Å². The Kier molecular flexibility index (Phi) is 6.25. The van der Waals surface area contributed by atoms with E-state index in [1.54, 1.807) is 0 Å². The largest absolute Gasteiger partial charge is 0.355 e. The third-order valence-corrected chi connectivity index (χ3v) is 6.20. The monoisotopic (exact) mass is 449 g/mol. The molecule has 1 aromatic heterocycles. The standard InChI is InChI=1S/C29H27N3O2/c33-28(30-17-9-8-12-21-10-2-1-3-11-21)20-32-19-22(23-13-5-7-16-27(23)32)18-25-24-14-4-6-15-26(24)31-29(25)34/h1-7,10-11,13-16,18-19H,8-9,12,17,20H2,(H,30,33)(H,31,34)/b25-18-. The Hall–Kier alpha value is -4.12. The highest BCUT2D eigenvalue weighted by atomic mass is 16.2. The molecule has 2 heterocycles. The molecule has 0 fully saturated rings. The van der Waals surface area contributed by atoms with Crippen molar-refractivity contribution in [2.75, 3.05) is 11.9 Å². The van der Waals surface area contributed by atoms with Gasteiger partial charge in [-0.3, -0.25) is 9.59 Å². The first-order valence-electron chi connectivity index (χ1n) is 11.7. The summed E-state index contributed by atoms with van der Waals surface area (Å²) in [6.07, 6.45) is 6.88. The van der Waals surface area contributed by atoms with Crippen LogP contribution >= 0.6 is 0 Å². The van der Waals surface area contributed by atoms with E-state index in [1.807, 2.05) is 71.4 Å². The summed E-state index contributed by atoms with van der Waals surface area (Å²) in [7, 11) is 0. The predicted octanol–water partition coefficient (Wildman–Crippen LogP) is 5.27. The normalized spacial score (nSPS) is 13.8. The van der Waals surface area contributed by atoms with Gasteiger partial charge in [-0.05, 0) is 43.0 Å². The average molecular weight is 450 g/mol. The molecule has 0 spiro atoms. The maximum atomic E-state index is 12.6. The van der Waals surface area contributed by atoms with Gasteiger partial charge in [0, 0.05) is 46.0 Å². The lowest BCUT2D eigenvalue weighted by Crippen LogP contribution is -2.28. The summed E-state index contributed by atoms with van der Waals surface area (Å²) < 4.78 is 1.96. The molecular formula is C29H27N3O2. The van der Waals surface area contributed by atoms with Gasteiger partial charge in [0.2, 0.25) is 5.91 Å². The number of hydrogen-bond acceptors (Lipinski definition) is 2. The van der Waals surface area contributed by atoms with Crippen LogP contribution in [0.25, 0.3) is 22.6 Å². The molecule has 170 valence electrons. The van der Waals surface area contributed by atoms with E-state index in [1.165, 1.54) is 5.56 Å². The zero-order valence-electron chi connectivity index (χ0n) is 19.0. The second kappa shape index (κ2) is 9.79. The number of benzene rings is 3. The summed E-state index contributed by atoms with van der Waals surface area (Å²) in [5.74, 6) is -0.116. The van der Waals surface area contributed by atoms with Crippen LogP contribution < -0.4 is 10.6 Å². The number of unbranched alkanes of at least 4 members (excludes halogenated alkanes) is 1. The van der Waals surface area contributed by atoms with Crippen molar-refractivity contribution in [1.82, 2.24) is 9.88 Å². The first kappa shape index (κ1) is 21.7. The molecule has 1 aliphatic rings. The molecule has 5 nitrogen and oxygen atoms in total. The number of hydrogen-bond donors (Lipinski definition) is 2. The van der Waals surface area contributed by atoms with E-state index in [9.17, 15) is 9.59 Å². The van der Waals surface area contributed by atoms with Gasteiger partial charge in [0.05, 0.1) is 0 Å². The molecule has 0 saturated heterocycles. The van der Waals surface area contributed by atoms with Gasteiger partial charge in [-0.15, -0.1) is 0 Å². The molecule has 0 unspecified atom stereocenters. The van der Waals surface area contributed by atoms with Crippen molar-refractivity contribution in [2.45, 2.75) is 25.8 Å². The van der Waals surface area contributed by atoms with Gasteiger partial charge >= 0.3 is 0 Å². The smallest absolute Gasteiger partial charge is 0.256 e. The van der Waals surface area contributed by atoms with E-state index in [4.69, 9.17) is 0 Å². The zero-order chi connectivity index (χ0) is 23.3. The zero-order valence-corrected chi connectivity index (χ0v) is 19.0. The second-order valence-electron chi connectivity index (χ2n) is 8.58. The first-order chi connectivity index (χ1) is 16.7. The van der Waals surface area contributed by atoms with Gasteiger partial charge in [0.15, 0.2) is 0 Å². The highest BCUT2D eigenvalue weighted by Crippen LogP contribution is 2.34. The molecule has 2 amide bonds. The average Bonchev–Trinajstić information content (AvgIpc) is 3.37. The fourth-order valence-electron chi connectivity index (χ4n) is 4.50. The van der Waals surface area contributed by atoms with E-state index in [0.717, 1.165) is 47.0 Å². The molecule has 2 N–H and O–H groups in total. The maximum absolute atomic E-state index is 12.6. The van der Waals surface area contributed by atoms with Crippen molar-refractivity contribution >= 4 is 40.1 Å². The third kappa shape index (κ3) is 4.64. The number of rotatable bonds is 8. The first-order valence-corrected chi connectivity index (χ1v) is 11.7. The molecule has 0 radical (unpaired) electrons. The van der Waals surface area contributed by atoms with E-state index in [-0.39, 0.29) is 18.4 Å². The van der Waals surface area contributed by atoms with Crippen molar-refractivity contribution in [3.05, 3.63) is 102 Å². The Morgan fingerprint density at radius 2 is 1.68 bits per heavy atom. The van der Waals surface area contributed by atoms with Gasteiger partial charge in [-0.1, -0.05) is 66.7 Å². The number of nitrogens with one attached hydrogen (secondary N) is 2. The predicted molar refractivity (Wildman–Crippen MR) is 137 cm³/mol. The van der Waals surface area contributed by atoms with Crippen LogP contribution in [0, 0.1) is 0 Å². The molecule has 0 atom stereocenters. The summed E-state index contributed by atoms with van der Waals surface area (Å²) >= 11 is 0. The van der Waals surface area contributed by atoms with Crippen LogP contribution in [-0.4, -0.2) is 22.9 Å². The Bertz CT molecular complexity index is 1370. The van der Waals surface area contributed by atoms with Crippen LogP contribution in [0.1, 0.15) is 29.5 Å². The van der Waals surface area contributed by atoms with Gasteiger partial charge in [0.25, 0.3) is 5.91 Å². The number of carbonyl (C=O) groups is 2. The SMILES string of the molecule is O=C(Cn1cc(/C=C2\C(=O)Nc3ccccc32)c2ccccc21)NCCCCc1ccccc1. The Balaban J connectivity index is 1.27. The van der Waals surface area contributed by atoms with Crippen LogP contribution in [-0.2, 0) is 22.6 Å². The van der Waals surface area contributed by atoms with Crippen LogP contribution in [0.2, 0.25) is 0 Å². The molecule has 5 rings (SSSR count).